The zero-order valence-corrected chi connectivity index (χ0v) is 21.7. The second-order valence-corrected chi connectivity index (χ2v) is 8.41. The maximum absolute atomic E-state index is 5.79. The third-order valence-corrected chi connectivity index (χ3v) is 6.17. The van der Waals surface area contributed by atoms with Crippen LogP contribution in [0.5, 0.6) is 5.75 Å². The number of ether oxygens (including phenoxy) is 2. The smallest absolute Gasteiger partial charge is 0.191 e. The maximum atomic E-state index is 5.79. The molecule has 1 aromatic carbocycles. The number of hydrogen-bond donors (Lipinski definition) is 2. The van der Waals surface area contributed by atoms with Crippen LogP contribution in [0.4, 0.5) is 0 Å². The van der Waals surface area contributed by atoms with Gasteiger partial charge in [-0.1, -0.05) is 23.8 Å². The van der Waals surface area contributed by atoms with Crippen LogP contribution in [-0.4, -0.2) is 63.9 Å². The van der Waals surface area contributed by atoms with Gasteiger partial charge in [-0.25, -0.2) is 0 Å². The molecule has 0 saturated carbocycles. The molecule has 3 rings (SSSR count). The summed E-state index contributed by atoms with van der Waals surface area (Å²) in [6, 6.07) is 12.9. The summed E-state index contributed by atoms with van der Waals surface area (Å²) in [5.41, 5.74) is 1.25. The molecule has 0 spiro atoms. The lowest BCUT2D eigenvalue weighted by Crippen LogP contribution is -2.46. The number of morpholine rings is 1. The average molecular weight is 559 g/mol. The number of nitrogens with one attached hydrogen (secondary N) is 2. The minimum Gasteiger partial charge on any atom is -0.494 e. The zero-order chi connectivity index (χ0) is 21.0. The first-order chi connectivity index (χ1) is 14.8. The number of aliphatic imine (C=N–C) groups is 1. The zero-order valence-electron chi connectivity index (χ0n) is 18.5. The van der Waals surface area contributed by atoms with E-state index in [0.717, 1.165) is 70.6 Å². The van der Waals surface area contributed by atoms with Crippen LogP contribution in [-0.2, 0) is 4.74 Å². The molecule has 1 unspecified atom stereocenters. The molecule has 6 nitrogen and oxygen atoms in total. The van der Waals surface area contributed by atoms with Crippen molar-refractivity contribution in [2.75, 3.05) is 53.0 Å². The summed E-state index contributed by atoms with van der Waals surface area (Å²) in [6.07, 6.45) is 2.04. The van der Waals surface area contributed by atoms with Crippen molar-refractivity contribution < 1.29 is 9.47 Å². The summed E-state index contributed by atoms with van der Waals surface area (Å²) in [7, 11) is 1.82. The first kappa shape index (κ1) is 25.9. The highest BCUT2D eigenvalue weighted by atomic mass is 127. The Kier molecular flexibility index (Phi) is 12.2. The molecule has 31 heavy (non-hydrogen) atoms. The molecule has 172 valence electrons. The lowest BCUT2D eigenvalue weighted by Gasteiger charge is -2.34. The van der Waals surface area contributed by atoms with Crippen molar-refractivity contribution in [2.45, 2.75) is 25.8 Å². The third kappa shape index (κ3) is 8.96. The molecule has 1 aromatic heterocycles. The number of halogens is 1. The molecule has 8 heteroatoms. The van der Waals surface area contributed by atoms with Crippen molar-refractivity contribution in [3.05, 3.63) is 52.2 Å². The van der Waals surface area contributed by atoms with E-state index in [1.54, 1.807) is 0 Å². The number of aryl methyl sites for hydroxylation is 1. The Balaban J connectivity index is 0.00000341. The second-order valence-electron chi connectivity index (χ2n) is 7.43. The maximum Gasteiger partial charge on any atom is 0.191 e. The molecule has 2 N–H and O–H groups in total. The largest absolute Gasteiger partial charge is 0.494 e. The van der Waals surface area contributed by atoms with Gasteiger partial charge < -0.3 is 20.1 Å². The van der Waals surface area contributed by atoms with Gasteiger partial charge in [-0.2, -0.15) is 0 Å². The van der Waals surface area contributed by atoms with Gasteiger partial charge in [-0.3, -0.25) is 9.89 Å². The highest BCUT2D eigenvalue weighted by molar-refractivity contribution is 14.0. The Morgan fingerprint density at radius 2 is 1.94 bits per heavy atom. The highest BCUT2D eigenvalue weighted by Gasteiger charge is 2.23. The van der Waals surface area contributed by atoms with Crippen molar-refractivity contribution >= 4 is 41.3 Å². The van der Waals surface area contributed by atoms with Crippen molar-refractivity contribution in [1.82, 2.24) is 15.5 Å². The van der Waals surface area contributed by atoms with Gasteiger partial charge in [0.25, 0.3) is 0 Å². The first-order valence-corrected chi connectivity index (χ1v) is 11.6. The van der Waals surface area contributed by atoms with Crippen LogP contribution in [0.2, 0.25) is 0 Å². The SMILES string of the molecule is CN=C(NCCCCOc1ccc(C)cc1)NCC(c1cccs1)N1CCOCC1.I. The van der Waals surface area contributed by atoms with Gasteiger partial charge in [0.15, 0.2) is 5.96 Å². The van der Waals surface area contributed by atoms with Crippen LogP contribution >= 0.6 is 35.3 Å². The number of unbranched alkanes of at least 4 members (excludes halogenated alkanes) is 1. The van der Waals surface area contributed by atoms with E-state index in [-0.39, 0.29) is 24.0 Å². The lowest BCUT2D eigenvalue weighted by molar-refractivity contribution is 0.0177. The predicted molar refractivity (Wildman–Crippen MR) is 140 cm³/mol. The summed E-state index contributed by atoms with van der Waals surface area (Å²) in [4.78, 5) is 8.26. The van der Waals surface area contributed by atoms with Gasteiger partial charge in [0.2, 0.25) is 0 Å². The Bertz CT molecular complexity index is 749. The molecule has 1 atom stereocenters. The molecule has 1 saturated heterocycles. The highest BCUT2D eigenvalue weighted by Crippen LogP contribution is 2.25. The van der Waals surface area contributed by atoms with E-state index >= 15 is 0 Å². The molecule has 1 aliphatic heterocycles. The quantitative estimate of drug-likeness (QED) is 0.199. The van der Waals surface area contributed by atoms with Crippen molar-refractivity contribution in [3.8, 4) is 5.75 Å². The van der Waals surface area contributed by atoms with Crippen LogP contribution in [0, 0.1) is 6.92 Å². The van der Waals surface area contributed by atoms with Crippen LogP contribution in [0.1, 0.15) is 29.3 Å². The minimum atomic E-state index is 0. The minimum absolute atomic E-state index is 0. The average Bonchev–Trinajstić information content (AvgIpc) is 3.31. The summed E-state index contributed by atoms with van der Waals surface area (Å²) in [5, 5.41) is 9.08. The van der Waals surface area contributed by atoms with Crippen LogP contribution in [0.15, 0.2) is 46.8 Å². The van der Waals surface area contributed by atoms with E-state index in [1.807, 2.05) is 30.5 Å². The molecule has 2 heterocycles. The molecule has 0 amide bonds. The van der Waals surface area contributed by atoms with Crippen LogP contribution < -0.4 is 15.4 Å². The number of benzene rings is 1. The van der Waals surface area contributed by atoms with Crippen molar-refractivity contribution in [2.24, 2.45) is 4.99 Å². The van der Waals surface area contributed by atoms with Gasteiger partial charge >= 0.3 is 0 Å². The third-order valence-electron chi connectivity index (χ3n) is 5.20. The number of rotatable bonds is 10. The fourth-order valence-electron chi connectivity index (χ4n) is 3.45. The monoisotopic (exact) mass is 558 g/mol. The molecule has 0 bridgehead atoms. The Labute approximate surface area is 207 Å². The Morgan fingerprint density at radius 1 is 1.16 bits per heavy atom. The molecular weight excluding hydrogens is 523 g/mol. The standard InChI is InChI=1S/C23H34N4O2S.HI/c1-19-7-9-20(10-8-19)29-14-4-3-11-25-23(24-2)26-18-21(22-6-5-17-30-22)27-12-15-28-16-13-27;/h5-10,17,21H,3-4,11-16,18H2,1-2H3,(H2,24,25,26);1H. The number of nitrogens with zero attached hydrogens (tertiary/aromatic N) is 2. The second kappa shape index (κ2) is 14.7. The molecule has 0 radical (unpaired) electrons. The van der Waals surface area contributed by atoms with E-state index < -0.39 is 0 Å². The van der Waals surface area contributed by atoms with E-state index in [4.69, 9.17) is 9.47 Å². The van der Waals surface area contributed by atoms with Gasteiger partial charge in [-0.15, -0.1) is 35.3 Å². The molecular formula is C23H35IN4O2S. The topological polar surface area (TPSA) is 58.1 Å². The fraction of sp³-hybridized carbons (Fsp3) is 0.522. The van der Waals surface area contributed by atoms with E-state index in [9.17, 15) is 0 Å². The normalized spacial score (nSPS) is 15.7. The van der Waals surface area contributed by atoms with Gasteiger partial charge in [0.1, 0.15) is 5.75 Å². The summed E-state index contributed by atoms with van der Waals surface area (Å²) >= 11 is 1.81. The summed E-state index contributed by atoms with van der Waals surface area (Å²) in [5.74, 6) is 1.79. The van der Waals surface area contributed by atoms with E-state index in [0.29, 0.717) is 6.04 Å². The number of hydrogen-bond acceptors (Lipinski definition) is 5. The van der Waals surface area contributed by atoms with Crippen LogP contribution in [0.3, 0.4) is 0 Å². The van der Waals surface area contributed by atoms with Crippen molar-refractivity contribution in [1.29, 1.82) is 0 Å². The van der Waals surface area contributed by atoms with E-state index in [1.165, 1.54) is 10.4 Å². The van der Waals surface area contributed by atoms with Gasteiger partial charge in [-0.05, 0) is 43.3 Å². The number of guanidine groups is 1. The molecule has 1 fully saturated rings. The molecule has 2 aromatic rings. The summed E-state index contributed by atoms with van der Waals surface area (Å²) in [6.45, 7) is 8.07. The van der Waals surface area contributed by atoms with Gasteiger partial charge in [0, 0.05) is 38.1 Å². The van der Waals surface area contributed by atoms with Gasteiger partial charge in [0.05, 0.1) is 25.9 Å². The molecule has 1 aliphatic rings. The Hall–Kier alpha value is -1.36. The predicted octanol–water partition coefficient (Wildman–Crippen LogP) is 4.07. The Morgan fingerprint density at radius 3 is 2.61 bits per heavy atom. The molecule has 0 aliphatic carbocycles. The van der Waals surface area contributed by atoms with E-state index in [2.05, 4.69) is 57.1 Å². The number of thiophene rings is 1. The fourth-order valence-corrected chi connectivity index (χ4v) is 4.31. The lowest BCUT2D eigenvalue weighted by atomic mass is 10.2. The summed E-state index contributed by atoms with van der Waals surface area (Å²) < 4.78 is 11.3. The first-order valence-electron chi connectivity index (χ1n) is 10.8. The van der Waals surface area contributed by atoms with Crippen LogP contribution in [0.25, 0.3) is 0 Å². The van der Waals surface area contributed by atoms with Crippen molar-refractivity contribution in [3.63, 3.8) is 0 Å².